The summed E-state index contributed by atoms with van der Waals surface area (Å²) < 4.78 is 0. The van der Waals surface area contributed by atoms with Crippen molar-refractivity contribution in [3.05, 3.63) is 237 Å². The third-order valence-corrected chi connectivity index (χ3v) is 12.5. The molecular formula is C61H39N3. The summed E-state index contributed by atoms with van der Waals surface area (Å²) in [5, 5.41) is 10.0. The van der Waals surface area contributed by atoms with Gasteiger partial charge in [-0.25, -0.2) is 15.0 Å². The van der Waals surface area contributed by atoms with Gasteiger partial charge in [0.05, 0.1) is 0 Å². The van der Waals surface area contributed by atoms with Crippen molar-refractivity contribution in [3.8, 4) is 78.7 Å². The van der Waals surface area contributed by atoms with Crippen LogP contribution in [0.25, 0.3) is 122 Å². The van der Waals surface area contributed by atoms with E-state index in [0.717, 1.165) is 44.5 Å². The number of aromatic nitrogens is 3. The van der Waals surface area contributed by atoms with Crippen LogP contribution >= 0.6 is 0 Å². The van der Waals surface area contributed by atoms with Gasteiger partial charge in [0.15, 0.2) is 17.5 Å². The van der Waals surface area contributed by atoms with Crippen molar-refractivity contribution < 1.29 is 0 Å². The number of benzene rings is 11. The maximum Gasteiger partial charge on any atom is 0.164 e. The Labute approximate surface area is 371 Å². The zero-order chi connectivity index (χ0) is 42.4. The van der Waals surface area contributed by atoms with Crippen molar-refractivity contribution >= 4 is 43.1 Å². The molecule has 0 aliphatic heterocycles. The smallest absolute Gasteiger partial charge is 0.164 e. The van der Waals surface area contributed by atoms with Crippen molar-refractivity contribution in [2.24, 2.45) is 0 Å². The molecule has 298 valence electrons. The van der Waals surface area contributed by atoms with E-state index in [-0.39, 0.29) is 0 Å². The molecule has 3 nitrogen and oxygen atoms in total. The van der Waals surface area contributed by atoms with Crippen molar-refractivity contribution in [1.82, 2.24) is 15.0 Å². The molecule has 0 spiro atoms. The van der Waals surface area contributed by atoms with Crippen molar-refractivity contribution in [2.45, 2.75) is 0 Å². The molecule has 12 rings (SSSR count). The van der Waals surface area contributed by atoms with Gasteiger partial charge in [0.2, 0.25) is 0 Å². The molecule has 1 aromatic heterocycles. The van der Waals surface area contributed by atoms with Gasteiger partial charge in [-0.05, 0) is 112 Å². The summed E-state index contributed by atoms with van der Waals surface area (Å²) in [5.74, 6) is 1.89. The highest BCUT2D eigenvalue weighted by atomic mass is 15.0. The summed E-state index contributed by atoms with van der Waals surface area (Å²) in [6.45, 7) is 0. The van der Waals surface area contributed by atoms with E-state index in [1.165, 1.54) is 59.8 Å². The summed E-state index contributed by atoms with van der Waals surface area (Å²) in [5.41, 5.74) is 12.0. The van der Waals surface area contributed by atoms with Crippen LogP contribution in [-0.4, -0.2) is 15.0 Å². The Hall–Kier alpha value is -8.53. The molecule has 0 radical (unpaired) electrons. The Kier molecular flexibility index (Phi) is 9.16. The van der Waals surface area contributed by atoms with Crippen LogP contribution in [0.3, 0.4) is 0 Å². The highest BCUT2D eigenvalue weighted by Crippen LogP contribution is 2.42. The lowest BCUT2D eigenvalue weighted by Crippen LogP contribution is -2.00. The molecule has 0 aliphatic carbocycles. The second kappa shape index (κ2) is 15.7. The standard InChI is InChI=1S/C61H39N3/c1-3-16-40(17-4-1)43-21-14-25-48(37-43)60-62-59(42-19-5-2-6-20-42)63-61(64-60)49-26-15-23-46(38-49)51-34-32-41-18-7-8-27-50(41)58(51)47-24-13-22-44(36-47)45-33-35-56-54-30-10-9-28-52(54)53-29-11-12-31-55(53)57(56)39-45/h1-39H. The first-order valence-corrected chi connectivity index (χ1v) is 21.8. The molecule has 0 saturated heterocycles. The molecule has 0 saturated carbocycles. The number of hydrogen-bond acceptors (Lipinski definition) is 3. The van der Waals surface area contributed by atoms with E-state index in [1.54, 1.807) is 0 Å². The van der Waals surface area contributed by atoms with Crippen molar-refractivity contribution in [1.29, 1.82) is 0 Å². The average Bonchev–Trinajstić information content (AvgIpc) is 3.38. The van der Waals surface area contributed by atoms with Gasteiger partial charge in [0.25, 0.3) is 0 Å². The topological polar surface area (TPSA) is 38.7 Å². The lowest BCUT2D eigenvalue weighted by molar-refractivity contribution is 1.07. The Balaban J connectivity index is 0.992. The van der Waals surface area contributed by atoms with Gasteiger partial charge in [0.1, 0.15) is 0 Å². The van der Waals surface area contributed by atoms with Crippen LogP contribution in [0.1, 0.15) is 0 Å². The predicted molar refractivity (Wildman–Crippen MR) is 268 cm³/mol. The predicted octanol–water partition coefficient (Wildman–Crippen LogP) is 16.2. The van der Waals surface area contributed by atoms with Crippen LogP contribution in [0.5, 0.6) is 0 Å². The van der Waals surface area contributed by atoms with Gasteiger partial charge in [-0.2, -0.15) is 0 Å². The fourth-order valence-electron chi connectivity index (χ4n) is 9.41. The van der Waals surface area contributed by atoms with Gasteiger partial charge in [0, 0.05) is 16.7 Å². The minimum atomic E-state index is 0.622. The summed E-state index contributed by atoms with van der Waals surface area (Å²) in [6, 6.07) is 84.4. The molecule has 0 atom stereocenters. The van der Waals surface area contributed by atoms with E-state index in [9.17, 15) is 0 Å². The van der Waals surface area contributed by atoms with Gasteiger partial charge in [-0.3, -0.25) is 0 Å². The molecule has 0 amide bonds. The number of fused-ring (bicyclic) bond motifs is 7. The average molecular weight is 814 g/mol. The molecule has 1 heterocycles. The maximum absolute atomic E-state index is 5.18. The van der Waals surface area contributed by atoms with E-state index >= 15 is 0 Å². The quantitative estimate of drug-likeness (QED) is 0.150. The minimum absolute atomic E-state index is 0.622. The molecule has 0 fully saturated rings. The fourth-order valence-corrected chi connectivity index (χ4v) is 9.41. The van der Waals surface area contributed by atoms with Gasteiger partial charge in [-0.1, -0.05) is 212 Å². The van der Waals surface area contributed by atoms with Crippen LogP contribution in [0.4, 0.5) is 0 Å². The van der Waals surface area contributed by atoms with E-state index < -0.39 is 0 Å². The lowest BCUT2D eigenvalue weighted by atomic mass is 9.87. The number of rotatable bonds is 7. The third kappa shape index (κ3) is 6.68. The first kappa shape index (κ1) is 37.2. The van der Waals surface area contributed by atoms with E-state index in [1.807, 2.05) is 24.3 Å². The second-order valence-corrected chi connectivity index (χ2v) is 16.3. The Morgan fingerprint density at radius 3 is 1.25 bits per heavy atom. The SMILES string of the molecule is c1ccc(-c2cccc(-c3nc(-c4ccccc4)nc(-c4cccc(-c5ccc6ccccc6c5-c5cccc(-c6ccc7c8ccccc8c8ccccc8c7c6)c5)c4)n3)c2)cc1. The van der Waals surface area contributed by atoms with E-state index in [2.05, 4.69) is 212 Å². The molecule has 64 heavy (non-hydrogen) atoms. The van der Waals surface area contributed by atoms with E-state index in [0.29, 0.717) is 17.5 Å². The van der Waals surface area contributed by atoms with Gasteiger partial charge in [-0.15, -0.1) is 0 Å². The second-order valence-electron chi connectivity index (χ2n) is 16.3. The fraction of sp³-hybridized carbons (Fsp3) is 0. The largest absolute Gasteiger partial charge is 0.208 e. The summed E-state index contributed by atoms with van der Waals surface area (Å²) in [4.78, 5) is 15.4. The van der Waals surface area contributed by atoms with Crippen LogP contribution in [0.2, 0.25) is 0 Å². The highest BCUT2D eigenvalue weighted by molar-refractivity contribution is 6.25. The number of nitrogens with zero attached hydrogens (tertiary/aromatic N) is 3. The minimum Gasteiger partial charge on any atom is -0.208 e. The van der Waals surface area contributed by atoms with Gasteiger partial charge >= 0.3 is 0 Å². The Morgan fingerprint density at radius 1 is 0.203 bits per heavy atom. The zero-order valence-electron chi connectivity index (χ0n) is 34.9. The van der Waals surface area contributed by atoms with Crippen molar-refractivity contribution in [2.75, 3.05) is 0 Å². The Morgan fingerprint density at radius 2 is 0.609 bits per heavy atom. The molecule has 0 aliphatic rings. The normalized spacial score (nSPS) is 11.4. The molecule has 3 heteroatoms. The van der Waals surface area contributed by atoms with Crippen LogP contribution < -0.4 is 0 Å². The molecule has 0 unspecified atom stereocenters. The molecule has 0 bridgehead atoms. The third-order valence-electron chi connectivity index (χ3n) is 12.5. The molecular weight excluding hydrogens is 775 g/mol. The number of hydrogen-bond donors (Lipinski definition) is 0. The zero-order valence-corrected chi connectivity index (χ0v) is 34.9. The highest BCUT2D eigenvalue weighted by Gasteiger charge is 2.17. The van der Waals surface area contributed by atoms with Gasteiger partial charge < -0.3 is 0 Å². The summed E-state index contributed by atoms with van der Waals surface area (Å²) >= 11 is 0. The first-order chi connectivity index (χ1) is 31.7. The Bertz CT molecular complexity index is 3690. The van der Waals surface area contributed by atoms with Crippen LogP contribution in [0, 0.1) is 0 Å². The summed E-state index contributed by atoms with van der Waals surface area (Å²) in [6.07, 6.45) is 0. The van der Waals surface area contributed by atoms with Crippen LogP contribution in [-0.2, 0) is 0 Å². The van der Waals surface area contributed by atoms with Crippen molar-refractivity contribution in [3.63, 3.8) is 0 Å². The molecule has 0 N–H and O–H groups in total. The maximum atomic E-state index is 5.18. The lowest BCUT2D eigenvalue weighted by Gasteiger charge is -2.16. The monoisotopic (exact) mass is 813 g/mol. The molecule has 12 aromatic rings. The van der Waals surface area contributed by atoms with Crippen LogP contribution in [0.15, 0.2) is 237 Å². The van der Waals surface area contributed by atoms with E-state index in [4.69, 9.17) is 15.0 Å². The first-order valence-electron chi connectivity index (χ1n) is 21.8. The summed E-state index contributed by atoms with van der Waals surface area (Å²) in [7, 11) is 0. The molecule has 11 aromatic carbocycles.